The highest BCUT2D eigenvalue weighted by Gasteiger charge is 2.44. The van der Waals surface area contributed by atoms with Gasteiger partial charge in [0.25, 0.3) is 0 Å². The topological polar surface area (TPSA) is 57.6 Å². The Labute approximate surface area is 90.3 Å². The van der Waals surface area contributed by atoms with E-state index in [1.807, 2.05) is 27.7 Å². The molecule has 1 amide bonds. The van der Waals surface area contributed by atoms with Gasteiger partial charge in [0.15, 0.2) is 0 Å². The van der Waals surface area contributed by atoms with Gasteiger partial charge in [-0.3, -0.25) is 9.59 Å². The molecule has 1 saturated carbocycles. The van der Waals surface area contributed by atoms with Gasteiger partial charge in [-0.25, -0.2) is 0 Å². The number of carbonyl (C=O) groups is 2. The molecule has 0 bridgehead atoms. The van der Waals surface area contributed by atoms with Gasteiger partial charge in [0, 0.05) is 11.5 Å². The fourth-order valence-corrected chi connectivity index (χ4v) is 1.65. The first kappa shape index (κ1) is 12.0. The molecule has 86 valence electrons. The molecule has 1 aliphatic rings. The molecular formula is C11H19NO3. The molecule has 0 aliphatic heterocycles. The third kappa shape index (κ3) is 2.94. The maximum Gasteiger partial charge on any atom is 0.323 e. The molecule has 0 radical (unpaired) electrons. The minimum absolute atomic E-state index is 0.0163. The molecule has 0 aromatic rings. The van der Waals surface area contributed by atoms with Gasteiger partial charge in [-0.1, -0.05) is 6.92 Å². The van der Waals surface area contributed by atoms with E-state index in [-0.39, 0.29) is 18.4 Å². The normalized spacial score (nSPS) is 24.8. The van der Waals surface area contributed by atoms with Crippen LogP contribution < -0.4 is 0 Å². The summed E-state index contributed by atoms with van der Waals surface area (Å²) >= 11 is 0. The largest absolute Gasteiger partial charge is 0.480 e. The molecule has 1 N–H and O–H groups in total. The Bertz CT molecular complexity index is 280. The number of carbonyl (C=O) groups excluding carboxylic acids is 1. The van der Waals surface area contributed by atoms with Crippen LogP contribution in [0.15, 0.2) is 0 Å². The fourth-order valence-electron chi connectivity index (χ4n) is 1.65. The van der Waals surface area contributed by atoms with Crippen LogP contribution in [0.1, 0.15) is 34.1 Å². The lowest BCUT2D eigenvalue weighted by Gasteiger charge is -2.34. The Kier molecular flexibility index (Phi) is 3.07. The number of aliphatic carboxylic acids is 1. The first-order valence-electron chi connectivity index (χ1n) is 5.26. The van der Waals surface area contributed by atoms with Crippen molar-refractivity contribution in [3.8, 4) is 0 Å². The summed E-state index contributed by atoms with van der Waals surface area (Å²) in [5.41, 5.74) is -0.419. The second-order valence-corrected chi connectivity index (χ2v) is 5.31. The van der Waals surface area contributed by atoms with E-state index in [2.05, 4.69) is 0 Å². The Morgan fingerprint density at radius 2 is 1.87 bits per heavy atom. The van der Waals surface area contributed by atoms with E-state index in [4.69, 9.17) is 5.11 Å². The lowest BCUT2D eigenvalue weighted by atomic mass is 10.0. The van der Waals surface area contributed by atoms with E-state index in [9.17, 15) is 9.59 Å². The van der Waals surface area contributed by atoms with Gasteiger partial charge in [0.1, 0.15) is 6.54 Å². The first-order chi connectivity index (χ1) is 6.73. The minimum atomic E-state index is -0.952. The van der Waals surface area contributed by atoms with E-state index in [0.29, 0.717) is 5.92 Å². The van der Waals surface area contributed by atoms with Crippen LogP contribution in [0.2, 0.25) is 0 Å². The zero-order chi connectivity index (χ0) is 11.8. The van der Waals surface area contributed by atoms with Gasteiger partial charge >= 0.3 is 5.97 Å². The van der Waals surface area contributed by atoms with Crippen molar-refractivity contribution in [1.82, 2.24) is 4.90 Å². The van der Waals surface area contributed by atoms with Crippen LogP contribution in [0, 0.1) is 11.8 Å². The van der Waals surface area contributed by atoms with E-state index in [1.165, 1.54) is 4.90 Å². The second kappa shape index (κ2) is 3.83. The number of carboxylic acid groups (broad SMARTS) is 1. The van der Waals surface area contributed by atoms with Crippen LogP contribution in [0.4, 0.5) is 0 Å². The average molecular weight is 213 g/mol. The van der Waals surface area contributed by atoms with Gasteiger partial charge in [-0.15, -0.1) is 0 Å². The molecule has 2 atom stereocenters. The van der Waals surface area contributed by atoms with Crippen molar-refractivity contribution in [3.63, 3.8) is 0 Å². The highest BCUT2D eigenvalue weighted by molar-refractivity contribution is 5.85. The van der Waals surface area contributed by atoms with Gasteiger partial charge in [0.2, 0.25) is 5.91 Å². The lowest BCUT2D eigenvalue weighted by Crippen LogP contribution is -2.49. The summed E-state index contributed by atoms with van der Waals surface area (Å²) in [5, 5.41) is 8.77. The van der Waals surface area contributed by atoms with Crippen molar-refractivity contribution in [2.75, 3.05) is 6.54 Å². The smallest absolute Gasteiger partial charge is 0.323 e. The minimum Gasteiger partial charge on any atom is -0.480 e. The van der Waals surface area contributed by atoms with Crippen LogP contribution in [0.25, 0.3) is 0 Å². The average Bonchev–Trinajstić information content (AvgIpc) is 2.75. The van der Waals surface area contributed by atoms with Gasteiger partial charge in [-0.2, -0.15) is 0 Å². The molecular weight excluding hydrogens is 194 g/mol. The maximum atomic E-state index is 12.0. The first-order valence-corrected chi connectivity index (χ1v) is 5.26. The molecule has 1 fully saturated rings. The Morgan fingerprint density at radius 3 is 2.13 bits per heavy atom. The molecule has 1 rings (SSSR count). The molecule has 1 aliphatic carbocycles. The zero-order valence-corrected chi connectivity index (χ0v) is 9.78. The predicted octanol–water partition coefficient (Wildman–Crippen LogP) is 1.35. The Morgan fingerprint density at radius 1 is 1.40 bits per heavy atom. The highest BCUT2D eigenvalue weighted by atomic mass is 16.4. The molecule has 15 heavy (non-hydrogen) atoms. The third-order valence-corrected chi connectivity index (χ3v) is 2.80. The molecule has 4 nitrogen and oxygen atoms in total. The van der Waals surface area contributed by atoms with Crippen molar-refractivity contribution in [1.29, 1.82) is 0 Å². The number of rotatable bonds is 3. The van der Waals surface area contributed by atoms with Gasteiger partial charge < -0.3 is 10.0 Å². The summed E-state index contributed by atoms with van der Waals surface area (Å²) in [7, 11) is 0. The summed E-state index contributed by atoms with van der Waals surface area (Å²) < 4.78 is 0. The highest BCUT2D eigenvalue weighted by Crippen LogP contribution is 2.40. The van der Waals surface area contributed by atoms with E-state index in [1.54, 1.807) is 0 Å². The van der Waals surface area contributed by atoms with E-state index in [0.717, 1.165) is 6.42 Å². The number of nitrogens with zero attached hydrogens (tertiary/aromatic N) is 1. The predicted molar refractivity (Wildman–Crippen MR) is 56.4 cm³/mol. The van der Waals surface area contributed by atoms with Gasteiger partial charge in [0.05, 0.1) is 0 Å². The number of amides is 1. The van der Waals surface area contributed by atoms with Crippen molar-refractivity contribution in [2.45, 2.75) is 39.7 Å². The van der Waals surface area contributed by atoms with E-state index < -0.39 is 11.5 Å². The molecule has 0 saturated heterocycles. The van der Waals surface area contributed by atoms with Crippen LogP contribution in [0.5, 0.6) is 0 Å². The van der Waals surface area contributed by atoms with Gasteiger partial charge in [-0.05, 0) is 33.1 Å². The summed E-state index contributed by atoms with van der Waals surface area (Å²) in [5.74, 6) is -0.510. The van der Waals surface area contributed by atoms with Crippen molar-refractivity contribution in [3.05, 3.63) is 0 Å². The van der Waals surface area contributed by atoms with Crippen LogP contribution in [0.3, 0.4) is 0 Å². The summed E-state index contributed by atoms with van der Waals surface area (Å²) in [6.45, 7) is 7.40. The summed E-state index contributed by atoms with van der Waals surface area (Å²) in [6, 6.07) is 0. The van der Waals surface area contributed by atoms with Crippen LogP contribution in [-0.4, -0.2) is 34.0 Å². The SMILES string of the molecule is CC1CC1C(=O)N(CC(=O)O)C(C)(C)C. The molecule has 0 heterocycles. The lowest BCUT2D eigenvalue weighted by molar-refractivity contribution is -0.149. The van der Waals surface area contributed by atoms with Crippen molar-refractivity contribution >= 4 is 11.9 Å². The Hall–Kier alpha value is -1.06. The molecule has 0 aromatic carbocycles. The third-order valence-electron chi connectivity index (χ3n) is 2.80. The number of hydrogen-bond acceptors (Lipinski definition) is 2. The molecule has 2 unspecified atom stereocenters. The summed E-state index contributed by atoms with van der Waals surface area (Å²) in [6.07, 6.45) is 0.894. The van der Waals surface area contributed by atoms with Crippen molar-refractivity contribution < 1.29 is 14.7 Å². The summed E-state index contributed by atoms with van der Waals surface area (Å²) in [4.78, 5) is 24.1. The quantitative estimate of drug-likeness (QED) is 0.770. The van der Waals surface area contributed by atoms with Crippen LogP contribution in [-0.2, 0) is 9.59 Å². The monoisotopic (exact) mass is 213 g/mol. The number of carboxylic acids is 1. The molecule has 0 aromatic heterocycles. The van der Waals surface area contributed by atoms with E-state index >= 15 is 0 Å². The molecule has 0 spiro atoms. The zero-order valence-electron chi connectivity index (χ0n) is 9.78. The number of hydrogen-bond donors (Lipinski definition) is 1. The second-order valence-electron chi connectivity index (χ2n) is 5.31. The van der Waals surface area contributed by atoms with Crippen molar-refractivity contribution in [2.24, 2.45) is 11.8 Å². The molecule has 4 heteroatoms. The standard InChI is InChI=1S/C11H19NO3/c1-7-5-8(7)10(15)12(6-9(13)14)11(2,3)4/h7-8H,5-6H2,1-4H3,(H,13,14). The van der Waals surface area contributed by atoms with Crippen LogP contribution >= 0.6 is 0 Å². The fraction of sp³-hybridized carbons (Fsp3) is 0.818. The Balaban J connectivity index is 2.72. The maximum absolute atomic E-state index is 12.0.